The Labute approximate surface area is 204 Å². The number of pyridine rings is 1. The molecule has 3 unspecified atom stereocenters. The Morgan fingerprint density at radius 1 is 1.25 bits per heavy atom. The summed E-state index contributed by atoms with van der Waals surface area (Å²) in [5.74, 6) is -1.80. The third-order valence-electron chi connectivity index (χ3n) is 4.94. The second-order valence-corrected chi connectivity index (χ2v) is 8.42. The average molecular weight is 481 g/mol. The molecule has 1 aliphatic rings. The molecule has 1 fully saturated rings. The number of aromatic nitrogens is 1. The van der Waals surface area contributed by atoms with E-state index in [1.165, 1.54) is 12.1 Å². The third-order valence-corrected chi connectivity index (χ3v) is 5.43. The fourth-order valence-electron chi connectivity index (χ4n) is 3.07. The Kier molecular flexibility index (Phi) is 9.05. The Balaban J connectivity index is 0.00000363. The Bertz CT molecular complexity index is 971. The van der Waals surface area contributed by atoms with E-state index in [1.807, 2.05) is 6.07 Å². The largest absolute Gasteiger partial charge is 1.00 e. The van der Waals surface area contributed by atoms with Crippen molar-refractivity contribution in [3.63, 3.8) is 0 Å². The molecule has 2 aromatic rings. The minimum absolute atomic E-state index is 0. The monoisotopic (exact) mass is 481 g/mol. The van der Waals surface area contributed by atoms with Crippen LogP contribution in [0.3, 0.4) is 0 Å². The zero-order valence-corrected chi connectivity index (χ0v) is 20.0. The number of alkyl halides is 3. The van der Waals surface area contributed by atoms with Crippen LogP contribution in [0.4, 0.5) is 13.2 Å². The van der Waals surface area contributed by atoms with Crippen LogP contribution in [0.25, 0.3) is 11.1 Å². The van der Waals surface area contributed by atoms with Crippen molar-refractivity contribution in [3.8, 4) is 11.1 Å². The third kappa shape index (κ3) is 6.85. The van der Waals surface area contributed by atoms with Gasteiger partial charge in [0.2, 0.25) is 0 Å². The van der Waals surface area contributed by atoms with Crippen molar-refractivity contribution >= 4 is 13.7 Å². The Morgan fingerprint density at radius 3 is 2.28 bits per heavy atom. The van der Waals surface area contributed by atoms with Gasteiger partial charge in [-0.05, 0) is 30.0 Å². The fourth-order valence-corrected chi connectivity index (χ4v) is 3.62. The molecule has 1 amide bonds. The minimum Gasteiger partial charge on any atom is -0.756 e. The van der Waals surface area contributed by atoms with Crippen LogP contribution in [0.15, 0.2) is 42.6 Å². The van der Waals surface area contributed by atoms with Crippen LogP contribution in [0.5, 0.6) is 0 Å². The molecule has 32 heavy (non-hydrogen) atoms. The van der Waals surface area contributed by atoms with Crippen molar-refractivity contribution in [2.45, 2.75) is 37.0 Å². The van der Waals surface area contributed by atoms with E-state index < -0.39 is 39.0 Å². The number of phosphoric ester groups is 1. The molecule has 3 atom stereocenters. The van der Waals surface area contributed by atoms with Gasteiger partial charge in [0.05, 0.1) is 17.3 Å². The molecule has 8 nitrogen and oxygen atoms in total. The second kappa shape index (κ2) is 10.8. The minimum atomic E-state index is -5.38. The number of nitrogens with one attached hydrogen (secondary N) is 1. The van der Waals surface area contributed by atoms with Crippen molar-refractivity contribution < 1.29 is 66.4 Å². The summed E-state index contributed by atoms with van der Waals surface area (Å²) in [7, 11) is -5.38. The van der Waals surface area contributed by atoms with Gasteiger partial charge in [-0.15, -0.1) is 0 Å². The van der Waals surface area contributed by atoms with Gasteiger partial charge in [-0.25, -0.2) is 4.39 Å². The van der Waals surface area contributed by atoms with Crippen molar-refractivity contribution in [1.29, 1.82) is 0 Å². The molecule has 0 radical (unpaired) electrons. The number of carbonyl (C=O) groups is 1. The summed E-state index contributed by atoms with van der Waals surface area (Å²) in [4.78, 5) is 35.9. The van der Waals surface area contributed by atoms with Crippen molar-refractivity contribution in [3.05, 3.63) is 53.9 Å². The summed E-state index contributed by atoms with van der Waals surface area (Å²) < 4.78 is 54.2. The summed E-state index contributed by atoms with van der Waals surface area (Å²) >= 11 is 0. The first-order valence-electron chi connectivity index (χ1n) is 9.25. The van der Waals surface area contributed by atoms with E-state index in [-0.39, 0.29) is 40.7 Å². The van der Waals surface area contributed by atoms with Crippen molar-refractivity contribution in [1.82, 2.24) is 10.3 Å². The molecule has 13 heteroatoms. The molecule has 168 valence electrons. The maximum atomic E-state index is 13.4. The van der Waals surface area contributed by atoms with Crippen LogP contribution in [0.2, 0.25) is 0 Å². The van der Waals surface area contributed by atoms with Gasteiger partial charge in [0.25, 0.3) is 13.7 Å². The van der Waals surface area contributed by atoms with E-state index in [9.17, 15) is 27.4 Å². The van der Waals surface area contributed by atoms with Gasteiger partial charge in [0.1, 0.15) is 12.8 Å². The average Bonchev–Trinajstić information content (AvgIpc) is 3.48. The number of hydrogen-bond donors (Lipinski definition) is 3. The molecule has 1 saturated carbocycles. The Morgan fingerprint density at radius 2 is 1.84 bits per heavy atom. The van der Waals surface area contributed by atoms with E-state index >= 15 is 0 Å². The number of rotatable bonds is 9. The van der Waals surface area contributed by atoms with Gasteiger partial charge < -0.3 is 25.4 Å². The number of hydrogen-bond acceptors (Lipinski definition) is 6. The zero-order chi connectivity index (χ0) is 22.8. The normalized spacial score (nSPS) is 18.2. The number of benzene rings is 1. The smallest absolute Gasteiger partial charge is 0.756 e. The topological polar surface area (TPSA) is 138 Å². The quantitative estimate of drug-likeness (QED) is 0.307. The summed E-state index contributed by atoms with van der Waals surface area (Å²) in [6, 6.07) is 7.68. The van der Waals surface area contributed by atoms with Crippen LogP contribution in [-0.2, 0) is 19.4 Å². The van der Waals surface area contributed by atoms with Gasteiger partial charge in [0.15, 0.2) is 0 Å². The molecular weight excluding hydrogens is 461 g/mol. The van der Waals surface area contributed by atoms with Crippen LogP contribution < -0.4 is 45.5 Å². The first-order chi connectivity index (χ1) is 14.5. The van der Waals surface area contributed by atoms with E-state index in [2.05, 4.69) is 9.51 Å². The molecule has 1 aromatic carbocycles. The second-order valence-electron chi connectivity index (χ2n) is 7.27. The number of nitrogens with zero attached hydrogens (tertiary/aromatic N) is 1. The molecule has 0 saturated heterocycles. The molecule has 3 rings (SSSR count). The predicted molar refractivity (Wildman–Crippen MR) is 102 cm³/mol. The standard InChI is InChI=1S/C19H21F3N3O5P.Na/c20-9-14(25-18(26)17(21)22)16(30-31(27,28)29)12-3-1-11(2-4-12)13-5-6-15(24-10-13)19(23)7-8-19;/h1-6,10,14,16-17H,7-9,23H2,(H,25,26)(H2,27,28,29);/q;+1/p-1. The zero-order valence-electron chi connectivity index (χ0n) is 17.1. The fraction of sp³-hybridized carbons (Fsp3) is 0.368. The number of halogens is 3. The summed E-state index contributed by atoms with van der Waals surface area (Å²) in [5.41, 5.74) is 7.93. The van der Waals surface area contributed by atoms with Crippen molar-refractivity contribution in [2.75, 3.05) is 6.67 Å². The molecule has 0 spiro atoms. The summed E-state index contributed by atoms with van der Waals surface area (Å²) in [6.45, 7) is -1.42. The van der Waals surface area contributed by atoms with Gasteiger partial charge in [-0.3, -0.25) is 14.3 Å². The van der Waals surface area contributed by atoms with Crippen LogP contribution >= 0.6 is 7.82 Å². The molecule has 0 bridgehead atoms. The number of amides is 1. The van der Waals surface area contributed by atoms with Gasteiger partial charge in [-0.1, -0.05) is 30.3 Å². The molecule has 1 aliphatic carbocycles. The summed E-state index contributed by atoms with van der Waals surface area (Å²) in [5, 5.41) is 1.68. The maximum absolute atomic E-state index is 13.4. The molecule has 1 aromatic heterocycles. The van der Waals surface area contributed by atoms with Gasteiger partial charge >= 0.3 is 36.0 Å². The van der Waals surface area contributed by atoms with Crippen LogP contribution in [-0.4, -0.2) is 34.9 Å². The maximum Gasteiger partial charge on any atom is 1.00 e. The molecular formula is C19H20F3N3NaO5P. The van der Waals surface area contributed by atoms with Crippen LogP contribution in [0.1, 0.15) is 30.2 Å². The molecule has 1 heterocycles. The van der Waals surface area contributed by atoms with Gasteiger partial charge in [-0.2, -0.15) is 8.78 Å². The summed E-state index contributed by atoms with van der Waals surface area (Å²) in [6.07, 6.45) is -1.85. The van der Waals surface area contributed by atoms with E-state index in [0.29, 0.717) is 5.56 Å². The van der Waals surface area contributed by atoms with E-state index in [4.69, 9.17) is 10.6 Å². The molecule has 0 aliphatic heterocycles. The number of phosphoric acid groups is 1. The van der Waals surface area contributed by atoms with Crippen LogP contribution in [0, 0.1) is 0 Å². The van der Waals surface area contributed by atoms with E-state index in [0.717, 1.165) is 24.1 Å². The number of carbonyl (C=O) groups excluding carboxylic acids is 1. The number of nitrogens with two attached hydrogens (primary N) is 1. The van der Waals surface area contributed by atoms with Gasteiger partial charge in [0, 0.05) is 11.8 Å². The first kappa shape index (κ1) is 26.9. The molecule has 4 N–H and O–H groups in total. The predicted octanol–water partition coefficient (Wildman–Crippen LogP) is -1.06. The Hall–Kier alpha value is -1.30. The van der Waals surface area contributed by atoms with E-state index in [1.54, 1.807) is 29.7 Å². The van der Waals surface area contributed by atoms with Crippen molar-refractivity contribution in [2.24, 2.45) is 5.73 Å². The first-order valence-corrected chi connectivity index (χ1v) is 10.7. The SMILES string of the molecule is NC1(c2ccc(-c3ccc(C(OP(=O)([O-])O)C(CF)NC(=O)C(F)F)cc3)cn2)CC1.[Na+].